The van der Waals surface area contributed by atoms with Crippen molar-refractivity contribution in [2.75, 3.05) is 13.1 Å². The molecule has 0 radical (unpaired) electrons. The van der Waals surface area contributed by atoms with Gasteiger partial charge >= 0.3 is 0 Å². The lowest BCUT2D eigenvalue weighted by Gasteiger charge is -2.30. The maximum absolute atomic E-state index is 12.2. The first kappa shape index (κ1) is 11.1. The van der Waals surface area contributed by atoms with Crippen molar-refractivity contribution < 1.29 is 4.79 Å². The Morgan fingerprint density at radius 2 is 2.38 bits per heavy atom. The molecule has 0 spiro atoms. The van der Waals surface area contributed by atoms with Crippen LogP contribution in [0.4, 0.5) is 0 Å². The molecule has 0 saturated carbocycles. The van der Waals surface area contributed by atoms with Gasteiger partial charge in [-0.2, -0.15) is 5.10 Å². The van der Waals surface area contributed by atoms with E-state index in [1.54, 1.807) is 10.9 Å². The van der Waals surface area contributed by atoms with Crippen molar-refractivity contribution in [2.24, 2.45) is 12.8 Å². The molecule has 2 rings (SSSR count). The quantitative estimate of drug-likeness (QED) is 0.743. The molecule has 2 N–H and O–H groups in total. The standard InChI is InChI=1S/C11H18N4O/c1-8-10(7-14(2)13-8)11(16)15-5-3-4-9(12)6-15/h7,9H,3-6,12H2,1-2H3. The zero-order valence-electron chi connectivity index (χ0n) is 9.81. The Hall–Kier alpha value is -1.36. The molecule has 1 aliphatic rings. The summed E-state index contributed by atoms with van der Waals surface area (Å²) in [7, 11) is 1.83. The molecule has 1 saturated heterocycles. The van der Waals surface area contributed by atoms with Crippen LogP contribution in [0.3, 0.4) is 0 Å². The number of aryl methyl sites for hydroxylation is 2. The lowest BCUT2D eigenvalue weighted by molar-refractivity contribution is 0.0708. The zero-order valence-corrected chi connectivity index (χ0v) is 9.81. The fourth-order valence-electron chi connectivity index (χ4n) is 2.17. The Balaban J connectivity index is 2.15. The minimum Gasteiger partial charge on any atom is -0.337 e. The smallest absolute Gasteiger partial charge is 0.257 e. The SMILES string of the molecule is Cc1nn(C)cc1C(=O)N1CCCC(N)C1. The summed E-state index contributed by atoms with van der Waals surface area (Å²) >= 11 is 0. The van der Waals surface area contributed by atoms with Crippen LogP contribution in [0.15, 0.2) is 6.20 Å². The number of aromatic nitrogens is 2. The molecule has 2 heterocycles. The van der Waals surface area contributed by atoms with Crippen molar-refractivity contribution in [3.63, 3.8) is 0 Å². The van der Waals surface area contributed by atoms with Crippen molar-refractivity contribution in [1.29, 1.82) is 0 Å². The topological polar surface area (TPSA) is 64.2 Å². The number of rotatable bonds is 1. The molecule has 5 heteroatoms. The number of amides is 1. The van der Waals surface area contributed by atoms with Gasteiger partial charge in [-0.3, -0.25) is 9.48 Å². The van der Waals surface area contributed by atoms with Crippen LogP contribution in [-0.2, 0) is 7.05 Å². The van der Waals surface area contributed by atoms with Crippen LogP contribution in [0.1, 0.15) is 28.9 Å². The Kier molecular flexibility index (Phi) is 2.96. The van der Waals surface area contributed by atoms with Gasteiger partial charge in [-0.25, -0.2) is 0 Å². The lowest BCUT2D eigenvalue weighted by Crippen LogP contribution is -2.45. The van der Waals surface area contributed by atoms with Gasteiger partial charge in [-0.1, -0.05) is 0 Å². The number of nitrogens with two attached hydrogens (primary N) is 1. The molecule has 1 aromatic rings. The molecule has 1 aromatic heterocycles. The van der Waals surface area contributed by atoms with Gasteiger partial charge in [-0.05, 0) is 19.8 Å². The monoisotopic (exact) mass is 222 g/mol. The summed E-state index contributed by atoms with van der Waals surface area (Å²) in [6.07, 6.45) is 3.78. The van der Waals surface area contributed by atoms with E-state index in [-0.39, 0.29) is 11.9 Å². The number of hydrogen-bond acceptors (Lipinski definition) is 3. The summed E-state index contributed by atoms with van der Waals surface area (Å²) in [5.41, 5.74) is 7.34. The Morgan fingerprint density at radius 1 is 1.62 bits per heavy atom. The summed E-state index contributed by atoms with van der Waals surface area (Å²) in [6, 6.07) is 0.120. The van der Waals surface area contributed by atoms with E-state index in [0.717, 1.165) is 25.1 Å². The second-order valence-electron chi connectivity index (χ2n) is 4.46. The molecule has 1 unspecified atom stereocenters. The minimum absolute atomic E-state index is 0.0563. The molecule has 16 heavy (non-hydrogen) atoms. The minimum atomic E-state index is 0.0563. The van der Waals surface area contributed by atoms with Gasteiger partial charge < -0.3 is 10.6 Å². The Morgan fingerprint density at radius 3 is 2.94 bits per heavy atom. The van der Waals surface area contributed by atoms with Crippen LogP contribution in [0.5, 0.6) is 0 Å². The number of likely N-dealkylation sites (tertiary alicyclic amines) is 1. The van der Waals surface area contributed by atoms with Crippen LogP contribution in [0.25, 0.3) is 0 Å². The molecule has 1 fully saturated rings. The third-order valence-electron chi connectivity index (χ3n) is 2.99. The number of hydrogen-bond donors (Lipinski definition) is 1. The second-order valence-corrected chi connectivity index (χ2v) is 4.46. The van der Waals surface area contributed by atoms with Crippen molar-refractivity contribution in [2.45, 2.75) is 25.8 Å². The van der Waals surface area contributed by atoms with Crippen LogP contribution in [-0.4, -0.2) is 39.7 Å². The lowest BCUT2D eigenvalue weighted by atomic mass is 10.1. The zero-order chi connectivity index (χ0) is 11.7. The van der Waals surface area contributed by atoms with Crippen LogP contribution in [0.2, 0.25) is 0 Å². The summed E-state index contributed by atoms with van der Waals surface area (Å²) in [4.78, 5) is 14.0. The average Bonchev–Trinajstić information content (AvgIpc) is 2.57. The van der Waals surface area contributed by atoms with E-state index in [2.05, 4.69) is 5.10 Å². The van der Waals surface area contributed by atoms with E-state index in [9.17, 15) is 4.79 Å². The molecule has 5 nitrogen and oxygen atoms in total. The Labute approximate surface area is 95.2 Å². The van der Waals surface area contributed by atoms with Gasteiger partial charge in [0.25, 0.3) is 5.91 Å². The van der Waals surface area contributed by atoms with Gasteiger partial charge in [-0.15, -0.1) is 0 Å². The molecule has 0 bridgehead atoms. The van der Waals surface area contributed by atoms with Gasteiger partial charge in [0.05, 0.1) is 11.3 Å². The number of carbonyl (C=O) groups is 1. The predicted molar refractivity (Wildman–Crippen MR) is 61.1 cm³/mol. The summed E-state index contributed by atoms with van der Waals surface area (Å²) < 4.78 is 1.67. The summed E-state index contributed by atoms with van der Waals surface area (Å²) in [6.45, 7) is 3.32. The van der Waals surface area contributed by atoms with Gasteiger partial charge in [0.1, 0.15) is 0 Å². The van der Waals surface area contributed by atoms with Crippen LogP contribution < -0.4 is 5.73 Å². The number of piperidine rings is 1. The fraction of sp³-hybridized carbons (Fsp3) is 0.636. The van der Waals surface area contributed by atoms with Crippen molar-refractivity contribution in [1.82, 2.24) is 14.7 Å². The molecular weight excluding hydrogens is 204 g/mol. The van der Waals surface area contributed by atoms with Crippen molar-refractivity contribution >= 4 is 5.91 Å². The molecular formula is C11H18N4O. The second kappa shape index (κ2) is 4.25. The maximum atomic E-state index is 12.2. The third-order valence-corrected chi connectivity index (χ3v) is 2.99. The molecule has 0 aliphatic carbocycles. The maximum Gasteiger partial charge on any atom is 0.257 e. The van der Waals surface area contributed by atoms with E-state index in [1.165, 1.54) is 0 Å². The first-order chi connectivity index (χ1) is 7.58. The number of carbonyl (C=O) groups excluding carboxylic acids is 1. The average molecular weight is 222 g/mol. The largest absolute Gasteiger partial charge is 0.337 e. The van der Waals surface area contributed by atoms with E-state index in [1.807, 2.05) is 18.9 Å². The van der Waals surface area contributed by atoms with Gasteiger partial charge in [0.2, 0.25) is 0 Å². The highest BCUT2D eigenvalue weighted by molar-refractivity contribution is 5.95. The third kappa shape index (κ3) is 2.09. The van der Waals surface area contributed by atoms with E-state index < -0.39 is 0 Å². The van der Waals surface area contributed by atoms with Gasteiger partial charge in [0, 0.05) is 32.4 Å². The molecule has 88 valence electrons. The Bertz CT molecular complexity index is 399. The number of nitrogens with zero attached hydrogens (tertiary/aromatic N) is 3. The van der Waals surface area contributed by atoms with Crippen molar-refractivity contribution in [3.05, 3.63) is 17.5 Å². The summed E-state index contributed by atoms with van der Waals surface area (Å²) in [5.74, 6) is 0.0563. The van der Waals surface area contributed by atoms with Gasteiger partial charge in [0.15, 0.2) is 0 Å². The van der Waals surface area contributed by atoms with E-state index in [4.69, 9.17) is 5.73 Å². The molecule has 1 aliphatic heterocycles. The van der Waals surface area contributed by atoms with Crippen molar-refractivity contribution in [3.8, 4) is 0 Å². The molecule has 0 aromatic carbocycles. The van der Waals surface area contributed by atoms with E-state index in [0.29, 0.717) is 12.1 Å². The first-order valence-electron chi connectivity index (χ1n) is 5.63. The first-order valence-corrected chi connectivity index (χ1v) is 5.63. The van der Waals surface area contributed by atoms with E-state index >= 15 is 0 Å². The van der Waals surface area contributed by atoms with Crippen LogP contribution >= 0.6 is 0 Å². The fourth-order valence-corrected chi connectivity index (χ4v) is 2.17. The highest BCUT2D eigenvalue weighted by Gasteiger charge is 2.24. The molecule has 1 atom stereocenters. The van der Waals surface area contributed by atoms with Crippen LogP contribution in [0, 0.1) is 6.92 Å². The predicted octanol–water partition coefficient (Wildman–Crippen LogP) is 0.292. The summed E-state index contributed by atoms with van der Waals surface area (Å²) in [5, 5.41) is 4.18. The normalized spacial score (nSPS) is 21.2. The highest BCUT2D eigenvalue weighted by Crippen LogP contribution is 2.14. The highest BCUT2D eigenvalue weighted by atomic mass is 16.2. The molecule has 1 amide bonds.